The van der Waals surface area contributed by atoms with Crippen LogP contribution in [0.3, 0.4) is 0 Å². The van der Waals surface area contributed by atoms with Gasteiger partial charge in [-0.05, 0) is 17.7 Å². The Bertz CT molecular complexity index is 555. The molecule has 2 rings (SSSR count). The number of benzene rings is 2. The molecule has 0 bridgehead atoms. The van der Waals surface area contributed by atoms with Gasteiger partial charge in [-0.3, -0.25) is 4.79 Å². The first-order valence-electron chi connectivity index (χ1n) is 6.49. The molecule has 2 aromatic carbocycles. The van der Waals surface area contributed by atoms with Gasteiger partial charge in [0.15, 0.2) is 6.61 Å². The van der Waals surface area contributed by atoms with Crippen LogP contribution in [-0.2, 0) is 11.3 Å². The third-order valence-electron chi connectivity index (χ3n) is 2.82. The van der Waals surface area contributed by atoms with Crippen molar-refractivity contribution in [3.05, 3.63) is 60.2 Å². The first-order valence-corrected chi connectivity index (χ1v) is 6.49. The topological polar surface area (TPSA) is 50.4 Å². The average molecular weight is 270 g/mol. The summed E-state index contributed by atoms with van der Waals surface area (Å²) >= 11 is 0. The summed E-state index contributed by atoms with van der Waals surface area (Å²) in [5.74, 6) is 0.527. The third kappa shape index (κ3) is 4.31. The Morgan fingerprint density at radius 3 is 2.65 bits per heavy atom. The highest BCUT2D eigenvalue weighted by Crippen LogP contribution is 2.18. The smallest absolute Gasteiger partial charge is 0.257 e. The molecule has 0 atom stereocenters. The predicted octanol–water partition coefficient (Wildman–Crippen LogP) is 2.42. The van der Waals surface area contributed by atoms with Crippen molar-refractivity contribution in [2.75, 3.05) is 19.0 Å². The fourth-order valence-electron chi connectivity index (χ4n) is 1.72. The molecule has 2 aromatic rings. The van der Waals surface area contributed by atoms with E-state index >= 15 is 0 Å². The zero-order chi connectivity index (χ0) is 14.2. The van der Waals surface area contributed by atoms with Gasteiger partial charge in [0.25, 0.3) is 5.91 Å². The number of hydrogen-bond acceptors (Lipinski definition) is 3. The van der Waals surface area contributed by atoms with Gasteiger partial charge < -0.3 is 15.4 Å². The molecule has 2 N–H and O–H groups in total. The SMILES string of the molecule is CNC(=O)COc1cccc(NCc2ccccc2)c1. The van der Waals surface area contributed by atoms with Crippen LogP contribution in [0.25, 0.3) is 0 Å². The minimum Gasteiger partial charge on any atom is -0.484 e. The van der Waals surface area contributed by atoms with Crippen molar-refractivity contribution >= 4 is 11.6 Å². The van der Waals surface area contributed by atoms with E-state index in [4.69, 9.17) is 4.74 Å². The van der Waals surface area contributed by atoms with Crippen LogP contribution >= 0.6 is 0 Å². The van der Waals surface area contributed by atoms with Gasteiger partial charge in [-0.15, -0.1) is 0 Å². The number of carbonyl (C=O) groups is 1. The van der Waals surface area contributed by atoms with Gasteiger partial charge in [-0.2, -0.15) is 0 Å². The summed E-state index contributed by atoms with van der Waals surface area (Å²) in [5.41, 5.74) is 2.17. The van der Waals surface area contributed by atoms with Gasteiger partial charge in [0.1, 0.15) is 5.75 Å². The molecule has 20 heavy (non-hydrogen) atoms. The predicted molar refractivity (Wildman–Crippen MR) is 79.8 cm³/mol. The first kappa shape index (κ1) is 13.9. The second kappa shape index (κ2) is 7.19. The molecule has 0 saturated carbocycles. The van der Waals surface area contributed by atoms with Gasteiger partial charge >= 0.3 is 0 Å². The Hall–Kier alpha value is -2.49. The van der Waals surface area contributed by atoms with Crippen molar-refractivity contribution in [3.63, 3.8) is 0 Å². The van der Waals surface area contributed by atoms with E-state index in [1.54, 1.807) is 7.05 Å². The van der Waals surface area contributed by atoms with E-state index in [1.807, 2.05) is 42.5 Å². The van der Waals surface area contributed by atoms with Gasteiger partial charge in [0.05, 0.1) is 0 Å². The lowest BCUT2D eigenvalue weighted by Crippen LogP contribution is -2.24. The van der Waals surface area contributed by atoms with Crippen LogP contribution in [0, 0.1) is 0 Å². The maximum absolute atomic E-state index is 11.1. The van der Waals surface area contributed by atoms with Crippen LogP contribution in [0.2, 0.25) is 0 Å². The Morgan fingerprint density at radius 1 is 1.10 bits per heavy atom. The van der Waals surface area contributed by atoms with Crippen molar-refractivity contribution < 1.29 is 9.53 Å². The van der Waals surface area contributed by atoms with Crippen LogP contribution < -0.4 is 15.4 Å². The molecule has 0 aliphatic heterocycles. The largest absolute Gasteiger partial charge is 0.484 e. The minimum absolute atomic E-state index is 0.0264. The number of ether oxygens (including phenoxy) is 1. The number of nitrogens with one attached hydrogen (secondary N) is 2. The lowest BCUT2D eigenvalue weighted by Gasteiger charge is -2.09. The van der Waals surface area contributed by atoms with Crippen LogP contribution in [0.15, 0.2) is 54.6 Å². The third-order valence-corrected chi connectivity index (χ3v) is 2.82. The van der Waals surface area contributed by atoms with Gasteiger partial charge in [-0.25, -0.2) is 0 Å². The number of carbonyl (C=O) groups excluding carboxylic acids is 1. The molecule has 4 heteroatoms. The number of hydrogen-bond donors (Lipinski definition) is 2. The molecule has 4 nitrogen and oxygen atoms in total. The van der Waals surface area contributed by atoms with E-state index < -0.39 is 0 Å². The van der Waals surface area contributed by atoms with E-state index in [-0.39, 0.29) is 12.5 Å². The van der Waals surface area contributed by atoms with Crippen LogP contribution in [0.1, 0.15) is 5.56 Å². The van der Waals surface area contributed by atoms with E-state index in [2.05, 4.69) is 22.8 Å². The molecule has 104 valence electrons. The van der Waals surface area contributed by atoms with Crippen molar-refractivity contribution in [1.29, 1.82) is 0 Å². The maximum atomic E-state index is 11.1. The highest BCUT2D eigenvalue weighted by atomic mass is 16.5. The Morgan fingerprint density at radius 2 is 1.90 bits per heavy atom. The molecule has 0 aromatic heterocycles. The highest BCUT2D eigenvalue weighted by molar-refractivity contribution is 5.77. The summed E-state index contributed by atoms with van der Waals surface area (Å²) in [7, 11) is 1.59. The lowest BCUT2D eigenvalue weighted by molar-refractivity contribution is -0.122. The van der Waals surface area contributed by atoms with Crippen molar-refractivity contribution in [1.82, 2.24) is 5.32 Å². The Kier molecular flexibility index (Phi) is 5.00. The summed E-state index contributed by atoms with van der Waals surface area (Å²) in [4.78, 5) is 11.1. The second-order valence-electron chi connectivity index (χ2n) is 4.33. The first-order chi connectivity index (χ1) is 9.78. The van der Waals surface area contributed by atoms with Gasteiger partial charge in [0, 0.05) is 25.3 Å². The molecule has 0 aliphatic rings. The normalized spacial score (nSPS) is 9.85. The summed E-state index contributed by atoms with van der Waals surface area (Å²) in [6.07, 6.45) is 0. The van der Waals surface area contributed by atoms with E-state index in [0.29, 0.717) is 5.75 Å². The van der Waals surface area contributed by atoms with Gasteiger partial charge in [0.2, 0.25) is 0 Å². The molecule has 1 amide bonds. The van der Waals surface area contributed by atoms with Crippen LogP contribution in [0.4, 0.5) is 5.69 Å². The molecule has 0 saturated heterocycles. The summed E-state index contributed by atoms with van der Waals surface area (Å²) in [6.45, 7) is 0.776. The number of likely N-dealkylation sites (N-methyl/N-ethyl adjacent to an activating group) is 1. The summed E-state index contributed by atoms with van der Waals surface area (Å²) in [6, 6.07) is 17.7. The monoisotopic (exact) mass is 270 g/mol. The number of rotatable bonds is 6. The zero-order valence-electron chi connectivity index (χ0n) is 11.4. The molecule has 0 spiro atoms. The summed E-state index contributed by atoms with van der Waals surface area (Å²) < 4.78 is 5.40. The highest BCUT2D eigenvalue weighted by Gasteiger charge is 2.01. The quantitative estimate of drug-likeness (QED) is 0.847. The zero-order valence-corrected chi connectivity index (χ0v) is 11.4. The van der Waals surface area contributed by atoms with Crippen molar-refractivity contribution in [3.8, 4) is 5.75 Å². The Labute approximate surface area is 118 Å². The molecule has 0 radical (unpaired) electrons. The fourth-order valence-corrected chi connectivity index (χ4v) is 1.72. The standard InChI is InChI=1S/C16H18N2O2/c1-17-16(19)12-20-15-9-5-8-14(10-15)18-11-13-6-3-2-4-7-13/h2-10,18H,11-12H2,1H3,(H,17,19). The minimum atomic E-state index is -0.146. The number of amides is 1. The lowest BCUT2D eigenvalue weighted by atomic mass is 10.2. The van der Waals surface area contributed by atoms with Crippen LogP contribution in [-0.4, -0.2) is 19.6 Å². The molecular formula is C16H18N2O2. The van der Waals surface area contributed by atoms with Crippen molar-refractivity contribution in [2.24, 2.45) is 0 Å². The second-order valence-corrected chi connectivity index (χ2v) is 4.33. The van der Waals surface area contributed by atoms with E-state index in [0.717, 1.165) is 12.2 Å². The summed E-state index contributed by atoms with van der Waals surface area (Å²) in [5, 5.41) is 5.84. The van der Waals surface area contributed by atoms with E-state index in [9.17, 15) is 4.79 Å². The molecule has 0 aliphatic carbocycles. The molecule has 0 heterocycles. The van der Waals surface area contributed by atoms with Gasteiger partial charge in [-0.1, -0.05) is 36.4 Å². The Balaban J connectivity index is 1.90. The maximum Gasteiger partial charge on any atom is 0.257 e. The fraction of sp³-hybridized carbons (Fsp3) is 0.188. The average Bonchev–Trinajstić information content (AvgIpc) is 2.52. The van der Waals surface area contributed by atoms with Crippen LogP contribution in [0.5, 0.6) is 5.75 Å². The van der Waals surface area contributed by atoms with Crippen molar-refractivity contribution in [2.45, 2.75) is 6.54 Å². The molecule has 0 unspecified atom stereocenters. The number of anilines is 1. The molecular weight excluding hydrogens is 252 g/mol. The van der Waals surface area contributed by atoms with E-state index in [1.165, 1.54) is 5.56 Å². The molecule has 0 fully saturated rings.